The van der Waals surface area contributed by atoms with Gasteiger partial charge in [0.25, 0.3) is 0 Å². The van der Waals surface area contributed by atoms with Crippen LogP contribution in [0.5, 0.6) is 0 Å². The summed E-state index contributed by atoms with van der Waals surface area (Å²) in [4.78, 5) is 3.87. The van der Waals surface area contributed by atoms with Crippen molar-refractivity contribution >= 4 is 12.0 Å². The zero-order chi connectivity index (χ0) is 11.1. The molecule has 0 atom stereocenters. The molecule has 0 radical (unpaired) electrons. The molecule has 0 amide bonds. The fourth-order valence-electron chi connectivity index (χ4n) is 1.17. The second-order valence-corrected chi connectivity index (χ2v) is 2.98. The number of aromatic nitrogens is 2. The molecule has 0 saturated carbocycles. The van der Waals surface area contributed by atoms with Crippen LogP contribution >= 0.6 is 0 Å². The average Bonchev–Trinajstić information content (AvgIpc) is 2.68. The minimum absolute atomic E-state index is 0.140. The Kier molecular flexibility index (Phi) is 4.56. The fourth-order valence-corrected chi connectivity index (χ4v) is 1.17. The first-order valence-corrected chi connectivity index (χ1v) is 4.76. The number of rotatable bonds is 5. The molecule has 1 heterocycles. The Labute approximate surface area is 89.1 Å². The summed E-state index contributed by atoms with van der Waals surface area (Å²) in [7, 11) is 3.53. The largest absolute Gasteiger partial charge is 0.396 e. The molecule has 1 rings (SSSR count). The minimum atomic E-state index is 0.140. The normalized spacial score (nSPS) is 12.3. The van der Waals surface area contributed by atoms with Crippen LogP contribution in [0.1, 0.15) is 5.56 Å². The number of nitrogens with one attached hydrogen (secondary N) is 1. The van der Waals surface area contributed by atoms with E-state index in [4.69, 9.17) is 5.11 Å². The summed E-state index contributed by atoms with van der Waals surface area (Å²) < 4.78 is 1.71. The third kappa shape index (κ3) is 3.21. The molecule has 82 valence electrons. The molecule has 0 aromatic carbocycles. The van der Waals surface area contributed by atoms with E-state index in [0.717, 1.165) is 11.4 Å². The van der Waals surface area contributed by atoms with Gasteiger partial charge < -0.3 is 10.4 Å². The van der Waals surface area contributed by atoms with Gasteiger partial charge in [-0.3, -0.25) is 4.99 Å². The van der Waals surface area contributed by atoms with E-state index in [0.29, 0.717) is 6.42 Å². The lowest BCUT2D eigenvalue weighted by molar-refractivity contribution is 0.299. The van der Waals surface area contributed by atoms with Crippen molar-refractivity contribution < 1.29 is 5.11 Å². The van der Waals surface area contributed by atoms with Gasteiger partial charge in [-0.2, -0.15) is 5.10 Å². The maximum absolute atomic E-state index is 8.78. The lowest BCUT2D eigenvalue weighted by atomic mass is 10.3. The second kappa shape index (κ2) is 5.98. The zero-order valence-corrected chi connectivity index (χ0v) is 9.01. The Morgan fingerprint density at radius 2 is 2.53 bits per heavy atom. The van der Waals surface area contributed by atoms with Crippen molar-refractivity contribution in [3.63, 3.8) is 0 Å². The molecule has 0 aliphatic rings. The standard InChI is InChI=1S/C10H16N4O/c1-11-5-3-10(12-2)14-8-9(4-6-15)7-13-14/h3,5,7-8,12,15H,4,6H2,1-2H3. The van der Waals surface area contributed by atoms with Gasteiger partial charge in [0, 0.05) is 33.1 Å². The topological polar surface area (TPSA) is 62.4 Å². The highest BCUT2D eigenvalue weighted by atomic mass is 16.2. The molecule has 0 fully saturated rings. The van der Waals surface area contributed by atoms with Crippen molar-refractivity contribution in [1.82, 2.24) is 15.1 Å². The van der Waals surface area contributed by atoms with Crippen molar-refractivity contribution in [3.05, 3.63) is 24.0 Å². The van der Waals surface area contributed by atoms with Gasteiger partial charge in [0.05, 0.1) is 6.20 Å². The number of aliphatic hydroxyl groups excluding tert-OH is 1. The van der Waals surface area contributed by atoms with E-state index in [1.165, 1.54) is 0 Å². The molecule has 0 bridgehead atoms. The third-order valence-corrected chi connectivity index (χ3v) is 1.92. The van der Waals surface area contributed by atoms with Crippen LogP contribution in [0.4, 0.5) is 0 Å². The Morgan fingerprint density at radius 1 is 1.73 bits per heavy atom. The summed E-state index contributed by atoms with van der Waals surface area (Å²) in [6.07, 6.45) is 7.76. The van der Waals surface area contributed by atoms with Gasteiger partial charge in [-0.1, -0.05) is 0 Å². The number of nitrogens with zero attached hydrogens (tertiary/aromatic N) is 3. The van der Waals surface area contributed by atoms with Gasteiger partial charge in [-0.25, -0.2) is 4.68 Å². The SMILES string of the molecule is CN=CC=C(NC)n1cc(CCO)cn1. The molecular weight excluding hydrogens is 192 g/mol. The highest BCUT2D eigenvalue weighted by molar-refractivity contribution is 5.78. The van der Waals surface area contributed by atoms with Crippen LogP contribution in [0.25, 0.3) is 5.82 Å². The second-order valence-electron chi connectivity index (χ2n) is 2.98. The lowest BCUT2D eigenvalue weighted by Crippen LogP contribution is -2.12. The maximum atomic E-state index is 8.78. The van der Waals surface area contributed by atoms with Gasteiger partial charge >= 0.3 is 0 Å². The van der Waals surface area contributed by atoms with Crippen molar-refractivity contribution in [2.24, 2.45) is 4.99 Å². The molecule has 0 aliphatic carbocycles. The van der Waals surface area contributed by atoms with E-state index in [-0.39, 0.29) is 6.61 Å². The van der Waals surface area contributed by atoms with Crippen LogP contribution in [0.3, 0.4) is 0 Å². The summed E-state index contributed by atoms with van der Waals surface area (Å²) in [5, 5.41) is 16.0. The Balaban J connectivity index is 2.83. The van der Waals surface area contributed by atoms with Gasteiger partial charge in [-0.15, -0.1) is 0 Å². The summed E-state index contributed by atoms with van der Waals surface area (Å²) in [6, 6.07) is 0. The van der Waals surface area contributed by atoms with Gasteiger partial charge in [0.2, 0.25) is 0 Å². The Bertz CT molecular complexity index is 354. The number of aliphatic hydroxyl groups is 1. The van der Waals surface area contributed by atoms with E-state index >= 15 is 0 Å². The first-order chi connectivity index (χ1) is 7.31. The predicted molar refractivity (Wildman–Crippen MR) is 60.8 cm³/mol. The van der Waals surface area contributed by atoms with E-state index in [9.17, 15) is 0 Å². The quantitative estimate of drug-likeness (QED) is 0.676. The molecule has 1 aromatic rings. The van der Waals surface area contributed by atoms with Gasteiger partial charge in [-0.05, 0) is 18.1 Å². The van der Waals surface area contributed by atoms with E-state index < -0.39 is 0 Å². The third-order valence-electron chi connectivity index (χ3n) is 1.92. The van der Waals surface area contributed by atoms with E-state index in [2.05, 4.69) is 15.4 Å². The molecule has 5 nitrogen and oxygen atoms in total. The van der Waals surface area contributed by atoms with Crippen molar-refractivity contribution in [2.45, 2.75) is 6.42 Å². The van der Waals surface area contributed by atoms with Crippen LogP contribution in [0.15, 0.2) is 23.5 Å². The predicted octanol–water partition coefficient (Wildman–Crippen LogP) is 0.136. The monoisotopic (exact) mass is 208 g/mol. The number of aliphatic imine (C=N–C) groups is 1. The number of hydrogen-bond donors (Lipinski definition) is 2. The van der Waals surface area contributed by atoms with Gasteiger partial charge in [0.15, 0.2) is 0 Å². The fraction of sp³-hybridized carbons (Fsp3) is 0.400. The molecule has 2 N–H and O–H groups in total. The molecule has 5 heteroatoms. The highest BCUT2D eigenvalue weighted by Gasteiger charge is 2.00. The van der Waals surface area contributed by atoms with Crippen LogP contribution in [0.2, 0.25) is 0 Å². The van der Waals surface area contributed by atoms with E-state index in [1.807, 2.05) is 19.3 Å². The average molecular weight is 208 g/mol. The minimum Gasteiger partial charge on any atom is -0.396 e. The Hall–Kier alpha value is -1.62. The smallest absolute Gasteiger partial charge is 0.128 e. The first-order valence-electron chi connectivity index (χ1n) is 4.76. The molecule has 0 saturated heterocycles. The molecule has 0 aliphatic heterocycles. The first kappa shape index (κ1) is 11.5. The highest BCUT2D eigenvalue weighted by Crippen LogP contribution is 2.03. The van der Waals surface area contributed by atoms with Crippen LogP contribution in [-0.4, -0.2) is 41.8 Å². The van der Waals surface area contributed by atoms with Crippen molar-refractivity contribution in [1.29, 1.82) is 0 Å². The van der Waals surface area contributed by atoms with Crippen molar-refractivity contribution in [3.8, 4) is 0 Å². The lowest BCUT2D eigenvalue weighted by Gasteiger charge is -2.04. The number of allylic oxidation sites excluding steroid dienone is 1. The molecule has 0 unspecified atom stereocenters. The van der Waals surface area contributed by atoms with Crippen LogP contribution in [-0.2, 0) is 6.42 Å². The molecule has 0 spiro atoms. The van der Waals surface area contributed by atoms with Crippen molar-refractivity contribution in [2.75, 3.05) is 20.7 Å². The number of hydrogen-bond acceptors (Lipinski definition) is 4. The molecule has 1 aromatic heterocycles. The van der Waals surface area contributed by atoms with Crippen LogP contribution < -0.4 is 5.32 Å². The summed E-state index contributed by atoms with van der Waals surface area (Å²) >= 11 is 0. The van der Waals surface area contributed by atoms with E-state index in [1.54, 1.807) is 24.1 Å². The maximum Gasteiger partial charge on any atom is 0.128 e. The Morgan fingerprint density at radius 3 is 3.13 bits per heavy atom. The summed E-state index contributed by atoms with van der Waals surface area (Å²) in [5.41, 5.74) is 1.01. The summed E-state index contributed by atoms with van der Waals surface area (Å²) in [6.45, 7) is 0.140. The van der Waals surface area contributed by atoms with Crippen LogP contribution in [0, 0.1) is 0 Å². The zero-order valence-electron chi connectivity index (χ0n) is 9.01. The van der Waals surface area contributed by atoms with Gasteiger partial charge in [0.1, 0.15) is 5.82 Å². The molecular formula is C10H16N4O. The summed E-state index contributed by atoms with van der Waals surface area (Å²) in [5.74, 6) is 0.838. The molecule has 15 heavy (non-hydrogen) atoms.